The molecule has 0 amide bonds. The molecule has 0 saturated carbocycles. The minimum Gasteiger partial charge on any atom is -0.357 e. The van der Waals surface area contributed by atoms with Crippen molar-refractivity contribution < 1.29 is 0 Å². The van der Waals surface area contributed by atoms with E-state index in [1.807, 2.05) is 30.5 Å². The van der Waals surface area contributed by atoms with E-state index in [1.54, 1.807) is 0 Å². The predicted molar refractivity (Wildman–Crippen MR) is 109 cm³/mol. The maximum atomic E-state index is 5.42. The van der Waals surface area contributed by atoms with Gasteiger partial charge in [0.05, 0.1) is 17.9 Å². The van der Waals surface area contributed by atoms with E-state index in [0.29, 0.717) is 5.11 Å². The van der Waals surface area contributed by atoms with E-state index in [4.69, 9.17) is 12.2 Å². The van der Waals surface area contributed by atoms with E-state index in [2.05, 4.69) is 52.6 Å². The molecule has 0 aliphatic carbocycles. The Morgan fingerprint density at radius 1 is 1.16 bits per heavy atom. The number of nitrogens with zero attached hydrogens (tertiary/aromatic N) is 2. The summed E-state index contributed by atoms with van der Waals surface area (Å²) in [5.41, 5.74) is 2.12. The maximum Gasteiger partial charge on any atom is 0.171 e. The number of thiocarbonyl (C=S) groups is 1. The van der Waals surface area contributed by atoms with Crippen LogP contribution in [0.1, 0.15) is 38.3 Å². The number of benzene rings is 1. The molecule has 2 N–H and O–H groups in total. The van der Waals surface area contributed by atoms with Crippen molar-refractivity contribution in [3.8, 4) is 0 Å². The van der Waals surface area contributed by atoms with E-state index >= 15 is 0 Å². The second-order valence-corrected chi connectivity index (χ2v) is 7.21. The lowest BCUT2D eigenvalue weighted by molar-refractivity contribution is 0.436. The molecule has 1 aliphatic rings. The van der Waals surface area contributed by atoms with Gasteiger partial charge in [0.2, 0.25) is 0 Å². The average Bonchev–Trinajstić information content (AvgIpc) is 2.64. The first-order valence-corrected chi connectivity index (χ1v) is 9.36. The van der Waals surface area contributed by atoms with Crippen LogP contribution in [-0.4, -0.2) is 23.2 Å². The van der Waals surface area contributed by atoms with E-state index in [-0.39, 0.29) is 6.04 Å². The molecular weight excluding hydrogens is 328 g/mol. The zero-order valence-electron chi connectivity index (χ0n) is 14.9. The summed E-state index contributed by atoms with van der Waals surface area (Å²) < 4.78 is 0. The Kier molecular flexibility index (Phi) is 5.87. The van der Waals surface area contributed by atoms with Crippen LogP contribution < -0.4 is 15.5 Å². The van der Waals surface area contributed by atoms with Crippen molar-refractivity contribution in [1.82, 2.24) is 10.3 Å². The van der Waals surface area contributed by atoms with Crippen molar-refractivity contribution in [3.05, 3.63) is 54.2 Å². The van der Waals surface area contributed by atoms with Gasteiger partial charge in [0.15, 0.2) is 5.11 Å². The minimum absolute atomic E-state index is 0.156. The Labute approximate surface area is 155 Å². The lowest BCUT2D eigenvalue weighted by atomic mass is 9.99. The Hall–Kier alpha value is -2.14. The molecule has 5 heteroatoms. The molecule has 3 rings (SSSR count). The van der Waals surface area contributed by atoms with Crippen molar-refractivity contribution in [3.63, 3.8) is 0 Å². The van der Waals surface area contributed by atoms with Crippen LogP contribution in [0.25, 0.3) is 0 Å². The topological polar surface area (TPSA) is 40.2 Å². The number of piperidine rings is 1. The van der Waals surface area contributed by atoms with Gasteiger partial charge in [-0.3, -0.25) is 0 Å². The molecule has 0 unspecified atom stereocenters. The fourth-order valence-electron chi connectivity index (χ4n) is 3.07. The average molecular weight is 355 g/mol. The molecular formula is C20H26N4S. The van der Waals surface area contributed by atoms with Crippen molar-refractivity contribution in [2.45, 2.75) is 32.7 Å². The number of pyridine rings is 1. The summed E-state index contributed by atoms with van der Waals surface area (Å²) in [6, 6.07) is 14.5. The molecule has 2 heterocycles. The highest BCUT2D eigenvalue weighted by Gasteiger charge is 2.16. The van der Waals surface area contributed by atoms with Crippen molar-refractivity contribution >= 4 is 28.8 Å². The number of aromatic nitrogens is 1. The van der Waals surface area contributed by atoms with E-state index in [9.17, 15) is 0 Å². The van der Waals surface area contributed by atoms with Crippen molar-refractivity contribution in [2.24, 2.45) is 5.92 Å². The van der Waals surface area contributed by atoms with Gasteiger partial charge < -0.3 is 15.5 Å². The van der Waals surface area contributed by atoms with Gasteiger partial charge in [-0.05, 0) is 55.6 Å². The number of nitrogens with one attached hydrogen (secondary N) is 2. The van der Waals surface area contributed by atoms with Crippen molar-refractivity contribution in [1.29, 1.82) is 0 Å². The molecule has 1 atom stereocenters. The summed E-state index contributed by atoms with van der Waals surface area (Å²) in [5.74, 6) is 1.88. The normalized spacial score (nSPS) is 16.3. The summed E-state index contributed by atoms with van der Waals surface area (Å²) in [6.45, 7) is 6.61. The second kappa shape index (κ2) is 8.30. The lowest BCUT2D eigenvalue weighted by Crippen LogP contribution is -2.33. The van der Waals surface area contributed by atoms with E-state index < -0.39 is 0 Å². The highest BCUT2D eigenvalue weighted by molar-refractivity contribution is 7.80. The molecule has 1 aromatic carbocycles. The fraction of sp³-hybridized carbons (Fsp3) is 0.400. The van der Waals surface area contributed by atoms with Gasteiger partial charge in [-0.1, -0.05) is 37.3 Å². The molecule has 0 bridgehead atoms. The first-order valence-electron chi connectivity index (χ1n) is 8.95. The third-order valence-electron chi connectivity index (χ3n) is 4.76. The van der Waals surface area contributed by atoms with E-state index in [1.165, 1.54) is 18.4 Å². The third kappa shape index (κ3) is 4.92. The van der Waals surface area contributed by atoms with Gasteiger partial charge in [-0.15, -0.1) is 0 Å². The van der Waals surface area contributed by atoms with Crippen LogP contribution in [0.5, 0.6) is 0 Å². The Balaban J connectivity index is 1.53. The quantitative estimate of drug-likeness (QED) is 0.798. The minimum atomic E-state index is 0.156. The Morgan fingerprint density at radius 3 is 2.52 bits per heavy atom. The highest BCUT2D eigenvalue weighted by atomic mass is 32.1. The largest absolute Gasteiger partial charge is 0.357 e. The van der Waals surface area contributed by atoms with Gasteiger partial charge in [-0.2, -0.15) is 0 Å². The lowest BCUT2D eigenvalue weighted by Gasteiger charge is -2.31. The van der Waals surface area contributed by atoms with Gasteiger partial charge in [0.25, 0.3) is 0 Å². The van der Waals surface area contributed by atoms with Crippen LogP contribution >= 0.6 is 12.2 Å². The molecule has 4 nitrogen and oxygen atoms in total. The summed E-state index contributed by atoms with van der Waals surface area (Å²) in [5, 5.41) is 7.14. The van der Waals surface area contributed by atoms with Crippen LogP contribution in [0.3, 0.4) is 0 Å². The number of rotatable bonds is 4. The van der Waals surface area contributed by atoms with Crippen LogP contribution in [0.4, 0.5) is 11.5 Å². The summed E-state index contributed by atoms with van der Waals surface area (Å²) >= 11 is 5.42. The smallest absolute Gasteiger partial charge is 0.171 e. The number of anilines is 2. The third-order valence-corrected chi connectivity index (χ3v) is 4.98. The van der Waals surface area contributed by atoms with Gasteiger partial charge in [0.1, 0.15) is 5.82 Å². The number of hydrogen-bond acceptors (Lipinski definition) is 3. The first kappa shape index (κ1) is 17.7. The monoisotopic (exact) mass is 354 g/mol. The van der Waals surface area contributed by atoms with Gasteiger partial charge in [0, 0.05) is 13.1 Å². The molecule has 1 fully saturated rings. The number of hydrogen-bond donors (Lipinski definition) is 2. The van der Waals surface area contributed by atoms with Crippen molar-refractivity contribution in [2.75, 3.05) is 23.3 Å². The second-order valence-electron chi connectivity index (χ2n) is 6.81. The highest BCUT2D eigenvalue weighted by Crippen LogP contribution is 2.22. The molecule has 2 aromatic rings. The summed E-state index contributed by atoms with van der Waals surface area (Å²) in [6.07, 6.45) is 4.34. The van der Waals surface area contributed by atoms with E-state index in [0.717, 1.165) is 30.5 Å². The molecule has 1 aromatic heterocycles. The summed E-state index contributed by atoms with van der Waals surface area (Å²) in [7, 11) is 0. The predicted octanol–water partition coefficient (Wildman–Crippen LogP) is 4.37. The zero-order chi connectivity index (χ0) is 17.6. The summed E-state index contributed by atoms with van der Waals surface area (Å²) in [4.78, 5) is 6.95. The maximum absolute atomic E-state index is 5.42. The van der Waals surface area contributed by atoms with Crippen LogP contribution in [0.2, 0.25) is 0 Å². The van der Waals surface area contributed by atoms with Crippen LogP contribution in [0, 0.1) is 5.92 Å². The first-order chi connectivity index (χ1) is 12.1. The molecule has 25 heavy (non-hydrogen) atoms. The molecule has 132 valence electrons. The van der Waals surface area contributed by atoms with Gasteiger partial charge in [-0.25, -0.2) is 4.98 Å². The standard InChI is InChI=1S/C20H26N4S/c1-15-10-12-24(13-11-15)19-9-8-18(14-21-19)23-20(25)22-16(2)17-6-4-3-5-7-17/h3-9,14-16H,10-13H2,1-2H3,(H2,22,23,25)/t16-/m0/s1. The van der Waals surface area contributed by atoms with Crippen LogP contribution in [0.15, 0.2) is 48.7 Å². The Morgan fingerprint density at radius 2 is 1.88 bits per heavy atom. The van der Waals surface area contributed by atoms with Crippen LogP contribution in [-0.2, 0) is 0 Å². The molecule has 1 saturated heterocycles. The zero-order valence-corrected chi connectivity index (χ0v) is 15.7. The fourth-order valence-corrected chi connectivity index (χ4v) is 3.37. The molecule has 0 spiro atoms. The SMILES string of the molecule is CC1CCN(c2ccc(NC(=S)N[C@@H](C)c3ccccc3)cn2)CC1. The molecule has 1 aliphatic heterocycles. The molecule has 0 radical (unpaired) electrons. The van der Waals surface area contributed by atoms with Gasteiger partial charge >= 0.3 is 0 Å². The Bertz CT molecular complexity index is 679.